The third kappa shape index (κ3) is 5.34. The maximum absolute atomic E-state index is 12.7. The van der Waals surface area contributed by atoms with Crippen LogP contribution in [0.2, 0.25) is 0 Å². The molecule has 2 aliphatic heterocycles. The van der Waals surface area contributed by atoms with Crippen LogP contribution >= 0.6 is 0 Å². The average molecular weight is 444 g/mol. The number of benzene rings is 1. The predicted molar refractivity (Wildman–Crippen MR) is 121 cm³/mol. The van der Waals surface area contributed by atoms with Gasteiger partial charge in [-0.2, -0.15) is 0 Å². The normalized spacial score (nSPS) is 17.6. The van der Waals surface area contributed by atoms with Crippen LogP contribution in [0, 0.1) is 5.92 Å². The predicted octanol–water partition coefficient (Wildman–Crippen LogP) is 1.70. The van der Waals surface area contributed by atoms with Crippen LogP contribution in [0.15, 0.2) is 30.5 Å². The number of hydrogen-bond donors (Lipinski definition) is 2. The van der Waals surface area contributed by atoms with E-state index >= 15 is 0 Å². The zero-order valence-corrected chi connectivity index (χ0v) is 18.9. The molecular formula is C23H33N5O4. The number of methoxy groups -OCH3 is 1. The smallest absolute Gasteiger partial charge is 0.271 e. The SMILES string of the molecule is CNn1c(C(=O)NCCN2CC(COc3ccc(OC)cc3)C2)cnc1C1CCOCC1. The van der Waals surface area contributed by atoms with Crippen LogP contribution in [0.25, 0.3) is 0 Å². The van der Waals surface area contributed by atoms with Crippen LogP contribution in [-0.2, 0) is 4.74 Å². The van der Waals surface area contributed by atoms with Crippen LogP contribution in [0.5, 0.6) is 11.5 Å². The first-order valence-corrected chi connectivity index (χ1v) is 11.3. The highest BCUT2D eigenvalue weighted by Crippen LogP contribution is 2.26. The van der Waals surface area contributed by atoms with Crippen LogP contribution in [0.1, 0.15) is 35.1 Å². The largest absolute Gasteiger partial charge is 0.497 e. The van der Waals surface area contributed by atoms with E-state index in [2.05, 4.69) is 20.6 Å². The molecule has 0 aliphatic carbocycles. The van der Waals surface area contributed by atoms with Crippen LogP contribution in [-0.4, -0.2) is 80.6 Å². The number of likely N-dealkylation sites (tertiary alicyclic amines) is 1. The van der Waals surface area contributed by atoms with Gasteiger partial charge in [0, 0.05) is 58.3 Å². The molecule has 0 unspecified atom stereocenters. The lowest BCUT2D eigenvalue weighted by Gasteiger charge is -2.39. The molecule has 2 saturated heterocycles. The van der Waals surface area contributed by atoms with E-state index in [9.17, 15) is 4.79 Å². The molecule has 0 saturated carbocycles. The molecule has 2 N–H and O–H groups in total. The van der Waals surface area contributed by atoms with E-state index in [0.717, 1.165) is 63.0 Å². The van der Waals surface area contributed by atoms with Gasteiger partial charge in [0.1, 0.15) is 23.0 Å². The fourth-order valence-corrected chi connectivity index (χ4v) is 4.27. The molecule has 1 amide bonds. The van der Waals surface area contributed by atoms with Gasteiger partial charge in [0.2, 0.25) is 0 Å². The summed E-state index contributed by atoms with van der Waals surface area (Å²) in [6, 6.07) is 7.65. The monoisotopic (exact) mass is 443 g/mol. The fourth-order valence-electron chi connectivity index (χ4n) is 4.27. The van der Waals surface area contributed by atoms with Crippen molar-refractivity contribution in [2.75, 3.05) is 65.6 Å². The van der Waals surface area contributed by atoms with Gasteiger partial charge in [0.05, 0.1) is 19.9 Å². The first-order valence-electron chi connectivity index (χ1n) is 11.3. The number of nitrogens with zero attached hydrogens (tertiary/aromatic N) is 3. The zero-order valence-electron chi connectivity index (χ0n) is 18.9. The molecule has 9 heteroatoms. The summed E-state index contributed by atoms with van der Waals surface area (Å²) in [6.07, 6.45) is 3.52. The van der Waals surface area contributed by atoms with Crippen molar-refractivity contribution in [2.24, 2.45) is 5.92 Å². The number of amides is 1. The number of nitrogens with one attached hydrogen (secondary N) is 2. The Bertz CT molecular complexity index is 873. The van der Waals surface area contributed by atoms with E-state index in [1.165, 1.54) is 0 Å². The fraction of sp³-hybridized carbons (Fsp3) is 0.565. The van der Waals surface area contributed by atoms with E-state index in [1.54, 1.807) is 13.3 Å². The second-order valence-corrected chi connectivity index (χ2v) is 8.32. The summed E-state index contributed by atoms with van der Waals surface area (Å²) >= 11 is 0. The Morgan fingerprint density at radius 3 is 2.59 bits per heavy atom. The minimum Gasteiger partial charge on any atom is -0.497 e. The molecule has 2 fully saturated rings. The molecule has 2 aliphatic rings. The summed E-state index contributed by atoms with van der Waals surface area (Å²) < 4.78 is 18.3. The molecule has 0 radical (unpaired) electrons. The third-order valence-electron chi connectivity index (χ3n) is 6.12. The molecule has 0 atom stereocenters. The average Bonchev–Trinajstić information content (AvgIpc) is 3.25. The number of ether oxygens (including phenoxy) is 3. The molecule has 0 bridgehead atoms. The van der Waals surface area contributed by atoms with Gasteiger partial charge < -0.3 is 29.9 Å². The van der Waals surface area contributed by atoms with Crippen molar-refractivity contribution in [3.63, 3.8) is 0 Å². The van der Waals surface area contributed by atoms with Gasteiger partial charge in [-0.15, -0.1) is 0 Å². The molecule has 9 nitrogen and oxygen atoms in total. The minimum atomic E-state index is -0.106. The van der Waals surface area contributed by atoms with Crippen molar-refractivity contribution in [3.05, 3.63) is 42.0 Å². The second-order valence-electron chi connectivity index (χ2n) is 8.32. The maximum atomic E-state index is 12.7. The summed E-state index contributed by atoms with van der Waals surface area (Å²) in [5, 5.41) is 3.02. The summed E-state index contributed by atoms with van der Waals surface area (Å²) in [7, 11) is 3.47. The van der Waals surface area contributed by atoms with Gasteiger partial charge in [0.15, 0.2) is 0 Å². The molecule has 3 heterocycles. The lowest BCUT2D eigenvalue weighted by Crippen LogP contribution is -2.51. The van der Waals surface area contributed by atoms with E-state index in [1.807, 2.05) is 36.0 Å². The second kappa shape index (κ2) is 10.7. The molecule has 0 spiro atoms. The molecule has 1 aromatic heterocycles. The van der Waals surface area contributed by atoms with Crippen molar-refractivity contribution in [1.82, 2.24) is 19.9 Å². The Labute approximate surface area is 189 Å². The Morgan fingerprint density at radius 2 is 1.91 bits per heavy atom. The van der Waals surface area contributed by atoms with Crippen LogP contribution < -0.4 is 20.2 Å². The Hall–Kier alpha value is -2.78. The highest BCUT2D eigenvalue weighted by molar-refractivity contribution is 5.92. The quantitative estimate of drug-likeness (QED) is 0.578. The number of aromatic nitrogens is 2. The van der Waals surface area contributed by atoms with E-state index in [-0.39, 0.29) is 5.91 Å². The summed E-state index contributed by atoms with van der Waals surface area (Å²) in [5.74, 6) is 3.31. The van der Waals surface area contributed by atoms with Gasteiger partial charge in [-0.3, -0.25) is 4.79 Å². The third-order valence-corrected chi connectivity index (χ3v) is 6.12. The molecule has 2 aromatic rings. The van der Waals surface area contributed by atoms with Gasteiger partial charge in [-0.1, -0.05) is 0 Å². The Balaban J connectivity index is 1.16. The maximum Gasteiger partial charge on any atom is 0.271 e. The Morgan fingerprint density at radius 1 is 1.19 bits per heavy atom. The van der Waals surface area contributed by atoms with Gasteiger partial charge in [-0.25, -0.2) is 9.66 Å². The van der Waals surface area contributed by atoms with Gasteiger partial charge >= 0.3 is 0 Å². The van der Waals surface area contributed by atoms with Crippen molar-refractivity contribution in [2.45, 2.75) is 18.8 Å². The zero-order chi connectivity index (χ0) is 22.3. The highest BCUT2D eigenvalue weighted by Gasteiger charge is 2.27. The number of imidazole rings is 1. The first-order chi connectivity index (χ1) is 15.7. The number of carbonyl (C=O) groups excluding carboxylic acids is 1. The van der Waals surface area contributed by atoms with E-state index < -0.39 is 0 Å². The lowest BCUT2D eigenvalue weighted by molar-refractivity contribution is 0.0618. The summed E-state index contributed by atoms with van der Waals surface area (Å²) in [6.45, 7) is 5.57. The van der Waals surface area contributed by atoms with Crippen LogP contribution in [0.3, 0.4) is 0 Å². The van der Waals surface area contributed by atoms with Crippen molar-refractivity contribution in [3.8, 4) is 11.5 Å². The topological polar surface area (TPSA) is 89.9 Å². The minimum absolute atomic E-state index is 0.106. The Kier molecular flexibility index (Phi) is 7.49. The molecular weight excluding hydrogens is 410 g/mol. The van der Waals surface area contributed by atoms with Crippen LogP contribution in [0.4, 0.5) is 0 Å². The lowest BCUT2D eigenvalue weighted by atomic mass is 10.00. The standard InChI is InChI=1S/C23H33N5O4/c1-24-28-21(13-26-22(28)18-7-11-31-12-8-18)23(29)25-9-10-27-14-17(15-27)16-32-20-5-3-19(30-2)4-6-20/h3-6,13,17-18,24H,7-12,14-16H2,1-2H3,(H,25,29). The number of rotatable bonds is 10. The van der Waals surface area contributed by atoms with Gasteiger partial charge in [-0.05, 0) is 37.1 Å². The highest BCUT2D eigenvalue weighted by atomic mass is 16.5. The molecule has 32 heavy (non-hydrogen) atoms. The molecule has 4 rings (SSSR count). The van der Waals surface area contributed by atoms with Crippen molar-refractivity contribution >= 4 is 5.91 Å². The van der Waals surface area contributed by atoms with Crippen molar-refractivity contribution < 1.29 is 19.0 Å². The number of hydrogen-bond acceptors (Lipinski definition) is 7. The molecule has 174 valence electrons. The number of carbonyl (C=O) groups is 1. The van der Waals surface area contributed by atoms with Gasteiger partial charge in [0.25, 0.3) is 5.91 Å². The van der Waals surface area contributed by atoms with E-state index in [4.69, 9.17) is 14.2 Å². The summed E-state index contributed by atoms with van der Waals surface area (Å²) in [5.41, 5.74) is 3.65. The van der Waals surface area contributed by atoms with E-state index in [0.29, 0.717) is 30.7 Å². The summed E-state index contributed by atoms with van der Waals surface area (Å²) in [4.78, 5) is 19.5. The van der Waals surface area contributed by atoms with Crippen molar-refractivity contribution in [1.29, 1.82) is 0 Å². The molecule has 1 aromatic carbocycles. The first kappa shape index (κ1) is 22.4.